The van der Waals surface area contributed by atoms with E-state index in [9.17, 15) is 5.11 Å². The second-order valence-electron chi connectivity index (χ2n) is 6.34. The van der Waals surface area contributed by atoms with Crippen molar-refractivity contribution in [3.8, 4) is 0 Å². The van der Waals surface area contributed by atoms with E-state index in [1.54, 1.807) is 0 Å². The number of unbranched alkanes of at least 4 members (excludes halogenated alkanes) is 1. The minimum absolute atomic E-state index is 0.327. The van der Waals surface area contributed by atoms with Crippen molar-refractivity contribution in [2.75, 3.05) is 0 Å². The lowest BCUT2D eigenvalue weighted by Gasteiger charge is -2.26. The topological polar surface area (TPSA) is 20.2 Å². The van der Waals surface area contributed by atoms with Crippen LogP contribution in [0.25, 0.3) is 0 Å². The van der Waals surface area contributed by atoms with Gasteiger partial charge in [0.15, 0.2) is 0 Å². The molecule has 1 nitrogen and oxygen atoms in total. The van der Waals surface area contributed by atoms with Gasteiger partial charge in [-0.15, -0.1) is 0 Å². The zero-order valence-electron chi connectivity index (χ0n) is 13.6. The molecule has 0 amide bonds. The number of aryl methyl sites for hydroxylation is 1. The number of hydrogen-bond donors (Lipinski definition) is 1. The van der Waals surface area contributed by atoms with E-state index in [0.717, 1.165) is 19.3 Å². The Morgan fingerprint density at radius 2 is 1.55 bits per heavy atom. The third-order valence-corrected chi connectivity index (χ3v) is 7.75. The quantitative estimate of drug-likeness (QED) is 0.464. The maximum absolute atomic E-state index is 10.5. The van der Waals surface area contributed by atoms with Gasteiger partial charge in [0.05, 0.1) is 5.73 Å². The zero-order chi connectivity index (χ0) is 15.8. The minimum Gasteiger partial charge on any atom is -0.392 e. The number of benzene rings is 2. The molecule has 1 atom stereocenters. The maximum atomic E-state index is 10.5. The van der Waals surface area contributed by atoms with Gasteiger partial charge in [-0.25, -0.2) is 0 Å². The van der Waals surface area contributed by atoms with Gasteiger partial charge in [0.25, 0.3) is 0 Å². The summed E-state index contributed by atoms with van der Waals surface area (Å²) in [4.78, 5) is 0. The molecular weight excluding hydrogens is 284 g/mol. The summed E-state index contributed by atoms with van der Waals surface area (Å²) in [5, 5.41) is 11.8. The summed E-state index contributed by atoms with van der Waals surface area (Å²) in [6, 6.07) is 21.0. The molecular formula is C20H26OSi. The Morgan fingerprint density at radius 3 is 2.18 bits per heavy atom. The molecule has 0 aliphatic heterocycles. The Morgan fingerprint density at radius 1 is 0.955 bits per heavy atom. The highest BCUT2D eigenvalue weighted by atomic mass is 28.3. The molecule has 0 aliphatic rings. The van der Waals surface area contributed by atoms with Gasteiger partial charge in [0, 0.05) is 0 Å². The molecule has 0 saturated carbocycles. The molecule has 1 N–H and O–H groups in total. The van der Waals surface area contributed by atoms with E-state index in [0.29, 0.717) is 0 Å². The van der Waals surface area contributed by atoms with Crippen molar-refractivity contribution in [1.29, 1.82) is 0 Å². The average Bonchev–Trinajstić information content (AvgIpc) is 2.56. The van der Waals surface area contributed by atoms with Crippen LogP contribution in [0.3, 0.4) is 0 Å². The molecule has 2 heteroatoms. The smallest absolute Gasteiger partial charge is 0.118 e. The Labute approximate surface area is 135 Å². The van der Waals surface area contributed by atoms with Gasteiger partial charge in [-0.05, 0) is 24.8 Å². The molecule has 2 aromatic rings. The van der Waals surface area contributed by atoms with Crippen molar-refractivity contribution in [2.45, 2.75) is 38.1 Å². The van der Waals surface area contributed by atoms with E-state index in [4.69, 9.17) is 0 Å². The number of aliphatic hydroxyl groups is 1. The third kappa shape index (κ3) is 4.69. The van der Waals surface area contributed by atoms with E-state index in [1.807, 2.05) is 12.1 Å². The minimum atomic E-state index is -1.84. The molecule has 2 aromatic carbocycles. The Balaban J connectivity index is 1.82. The first-order valence-electron chi connectivity index (χ1n) is 8.05. The predicted molar refractivity (Wildman–Crippen MR) is 98.1 cm³/mol. The van der Waals surface area contributed by atoms with Gasteiger partial charge in [0.2, 0.25) is 0 Å². The molecule has 0 bridgehead atoms. The average molecular weight is 311 g/mol. The van der Waals surface area contributed by atoms with Crippen molar-refractivity contribution in [2.24, 2.45) is 0 Å². The number of aliphatic hydroxyl groups excluding tert-OH is 1. The lowest BCUT2D eigenvalue weighted by Crippen LogP contribution is -2.51. The first kappa shape index (κ1) is 16.7. The van der Waals surface area contributed by atoms with Gasteiger partial charge in [-0.1, -0.05) is 91.1 Å². The normalized spacial score (nSPS) is 13.4. The number of allylic oxidation sites excluding steroid dienone is 1. The zero-order valence-corrected chi connectivity index (χ0v) is 14.6. The van der Waals surface area contributed by atoms with Crippen LogP contribution in [0.4, 0.5) is 0 Å². The summed E-state index contributed by atoms with van der Waals surface area (Å²) in [6.07, 6.45) is 7.39. The second kappa shape index (κ2) is 8.11. The highest BCUT2D eigenvalue weighted by molar-refractivity contribution is 6.91. The molecule has 0 aromatic heterocycles. The van der Waals surface area contributed by atoms with E-state index in [1.165, 1.54) is 10.8 Å². The highest BCUT2D eigenvalue weighted by Gasteiger charge is 2.30. The summed E-state index contributed by atoms with van der Waals surface area (Å²) in [6.45, 7) is 4.45. The van der Waals surface area contributed by atoms with E-state index in [2.05, 4.69) is 73.8 Å². The molecule has 0 spiro atoms. The van der Waals surface area contributed by atoms with Crippen LogP contribution in [0.1, 0.15) is 18.4 Å². The first-order valence-corrected chi connectivity index (χ1v) is 11.1. The summed E-state index contributed by atoms with van der Waals surface area (Å²) in [5.74, 6) is 0. The van der Waals surface area contributed by atoms with Crippen LogP contribution >= 0.6 is 0 Å². The molecule has 0 saturated heterocycles. The molecule has 0 radical (unpaired) electrons. The fraction of sp³-hybridized carbons (Fsp3) is 0.300. The molecule has 22 heavy (non-hydrogen) atoms. The van der Waals surface area contributed by atoms with Crippen LogP contribution in [0.15, 0.2) is 72.8 Å². The van der Waals surface area contributed by atoms with Crippen molar-refractivity contribution in [1.82, 2.24) is 0 Å². The van der Waals surface area contributed by atoms with Gasteiger partial charge >= 0.3 is 0 Å². The predicted octanol–water partition coefficient (Wildman–Crippen LogP) is 4.08. The van der Waals surface area contributed by atoms with Crippen LogP contribution in [-0.2, 0) is 6.42 Å². The third-order valence-electron chi connectivity index (χ3n) is 4.25. The lowest BCUT2D eigenvalue weighted by atomic mass is 10.1. The van der Waals surface area contributed by atoms with Crippen LogP contribution in [-0.4, -0.2) is 18.9 Å². The van der Waals surface area contributed by atoms with Crippen LogP contribution in [0.2, 0.25) is 13.1 Å². The maximum Gasteiger partial charge on any atom is 0.118 e. The van der Waals surface area contributed by atoms with Gasteiger partial charge in [-0.2, -0.15) is 0 Å². The molecule has 0 aliphatic carbocycles. The monoisotopic (exact) mass is 310 g/mol. The van der Waals surface area contributed by atoms with Crippen molar-refractivity contribution in [3.63, 3.8) is 0 Å². The Hall–Kier alpha value is -1.64. The van der Waals surface area contributed by atoms with E-state index in [-0.39, 0.29) is 5.73 Å². The van der Waals surface area contributed by atoms with Gasteiger partial charge in [-0.3, -0.25) is 0 Å². The van der Waals surface area contributed by atoms with Crippen LogP contribution in [0, 0.1) is 0 Å². The van der Waals surface area contributed by atoms with Gasteiger partial charge < -0.3 is 5.11 Å². The molecule has 116 valence electrons. The summed E-state index contributed by atoms with van der Waals surface area (Å²) in [7, 11) is -1.84. The van der Waals surface area contributed by atoms with E-state index < -0.39 is 8.07 Å². The Kier molecular flexibility index (Phi) is 6.17. The molecule has 0 fully saturated rings. The van der Waals surface area contributed by atoms with Crippen molar-refractivity contribution < 1.29 is 5.11 Å². The molecule has 0 unspecified atom stereocenters. The molecule has 0 heterocycles. The van der Waals surface area contributed by atoms with Crippen molar-refractivity contribution >= 4 is 13.3 Å². The fourth-order valence-electron chi connectivity index (χ4n) is 2.57. The summed E-state index contributed by atoms with van der Waals surface area (Å²) in [5.41, 5.74) is 1.06. The lowest BCUT2D eigenvalue weighted by molar-refractivity contribution is 0.292. The molecule has 2 rings (SSSR count). The van der Waals surface area contributed by atoms with Gasteiger partial charge in [0.1, 0.15) is 8.07 Å². The van der Waals surface area contributed by atoms with Crippen LogP contribution < -0.4 is 5.19 Å². The first-order chi connectivity index (χ1) is 10.6. The second-order valence-corrected chi connectivity index (χ2v) is 11.0. The number of rotatable bonds is 7. The van der Waals surface area contributed by atoms with Crippen LogP contribution in [0.5, 0.6) is 0 Å². The SMILES string of the molecule is C[Si](C)(c1ccccc1)[C@@H](O)/C=C/CCCc1ccccc1. The standard InChI is InChI=1S/C20H26OSi/c1-22(2,19-15-9-5-10-16-19)20(21)17-11-4-8-14-18-12-6-3-7-13-18/h3,5-7,9-13,15-17,20-21H,4,8,14H2,1-2H3/b17-11+/t20-/m1/s1. The largest absolute Gasteiger partial charge is 0.392 e. The fourth-order valence-corrected chi connectivity index (χ4v) is 4.58. The van der Waals surface area contributed by atoms with E-state index >= 15 is 0 Å². The number of hydrogen-bond acceptors (Lipinski definition) is 1. The summed E-state index contributed by atoms with van der Waals surface area (Å²) >= 11 is 0. The summed E-state index contributed by atoms with van der Waals surface area (Å²) < 4.78 is 0. The Bertz CT molecular complexity index is 575. The highest BCUT2D eigenvalue weighted by Crippen LogP contribution is 2.11. The van der Waals surface area contributed by atoms with Crippen molar-refractivity contribution in [3.05, 3.63) is 78.4 Å².